The van der Waals surface area contributed by atoms with E-state index >= 15 is 0 Å². The lowest BCUT2D eigenvalue weighted by Crippen LogP contribution is -2.36. The summed E-state index contributed by atoms with van der Waals surface area (Å²) in [6, 6.07) is 5.49. The molecule has 10 heteroatoms. The van der Waals surface area contributed by atoms with Gasteiger partial charge in [-0.1, -0.05) is 12.1 Å². The number of halogens is 1. The van der Waals surface area contributed by atoms with Gasteiger partial charge in [0.1, 0.15) is 17.4 Å². The molecule has 7 nitrogen and oxygen atoms in total. The average molecular weight is 489 g/mol. The molecular weight excluding hydrogens is 467 g/mol. The predicted molar refractivity (Wildman–Crippen MR) is 125 cm³/mol. The molecule has 1 aliphatic carbocycles. The number of ether oxygens (including phenoxy) is 1. The Labute approximate surface area is 198 Å². The van der Waals surface area contributed by atoms with Gasteiger partial charge in [-0.2, -0.15) is 0 Å². The highest BCUT2D eigenvalue weighted by atomic mass is 32.2. The summed E-state index contributed by atoms with van der Waals surface area (Å²) in [6.45, 7) is 1.46. The van der Waals surface area contributed by atoms with E-state index in [4.69, 9.17) is 4.74 Å². The maximum absolute atomic E-state index is 13.1. The van der Waals surface area contributed by atoms with E-state index < -0.39 is 35.4 Å². The second kappa shape index (κ2) is 9.88. The van der Waals surface area contributed by atoms with Gasteiger partial charge >= 0.3 is 5.97 Å². The van der Waals surface area contributed by atoms with Crippen molar-refractivity contribution in [2.75, 3.05) is 18.5 Å². The first-order valence-corrected chi connectivity index (χ1v) is 12.1. The van der Waals surface area contributed by atoms with Crippen molar-refractivity contribution in [1.82, 2.24) is 4.90 Å². The van der Waals surface area contributed by atoms with Gasteiger partial charge in [0, 0.05) is 4.88 Å². The van der Waals surface area contributed by atoms with E-state index in [1.165, 1.54) is 41.7 Å². The maximum Gasteiger partial charge on any atom is 0.341 e. The van der Waals surface area contributed by atoms with Crippen LogP contribution in [0.4, 0.5) is 14.2 Å². The van der Waals surface area contributed by atoms with Crippen LogP contribution in [0.15, 0.2) is 29.2 Å². The fraction of sp³-hybridized carbons (Fsp3) is 0.304. The zero-order valence-electron chi connectivity index (χ0n) is 17.8. The van der Waals surface area contributed by atoms with Crippen LogP contribution in [0.2, 0.25) is 0 Å². The van der Waals surface area contributed by atoms with Crippen molar-refractivity contribution in [3.8, 4) is 0 Å². The molecule has 0 atom stereocenters. The van der Waals surface area contributed by atoms with Gasteiger partial charge in [-0.3, -0.25) is 19.3 Å². The molecule has 1 N–H and O–H groups in total. The lowest BCUT2D eigenvalue weighted by Gasteiger charge is -2.13. The lowest BCUT2D eigenvalue weighted by molar-refractivity contribution is -0.127. The van der Waals surface area contributed by atoms with Crippen LogP contribution in [0.3, 0.4) is 0 Å². The Hall–Kier alpha value is -2.98. The van der Waals surface area contributed by atoms with Crippen LogP contribution in [0, 0.1) is 5.82 Å². The molecule has 1 saturated heterocycles. The largest absolute Gasteiger partial charge is 0.462 e. The number of thiophene rings is 1. The van der Waals surface area contributed by atoms with Crippen molar-refractivity contribution in [2.45, 2.75) is 32.6 Å². The van der Waals surface area contributed by atoms with E-state index in [2.05, 4.69) is 5.32 Å². The van der Waals surface area contributed by atoms with E-state index in [1.54, 1.807) is 6.92 Å². The fourth-order valence-electron chi connectivity index (χ4n) is 3.73. The minimum atomic E-state index is -0.597. The van der Waals surface area contributed by atoms with Gasteiger partial charge in [-0.25, -0.2) is 9.18 Å². The van der Waals surface area contributed by atoms with Gasteiger partial charge in [0.25, 0.3) is 11.1 Å². The van der Waals surface area contributed by atoms with Gasteiger partial charge in [0.05, 0.1) is 17.1 Å². The van der Waals surface area contributed by atoms with Crippen molar-refractivity contribution >= 4 is 57.2 Å². The third kappa shape index (κ3) is 5.01. The molecule has 1 aromatic heterocycles. The minimum absolute atomic E-state index is 0.151. The van der Waals surface area contributed by atoms with E-state index in [0.717, 1.165) is 52.8 Å². The Bertz CT molecular complexity index is 1160. The third-order valence-electron chi connectivity index (χ3n) is 5.25. The number of aryl methyl sites for hydroxylation is 1. The molecule has 3 amide bonds. The number of thioether (sulfide) groups is 1. The van der Waals surface area contributed by atoms with Crippen LogP contribution in [0.5, 0.6) is 0 Å². The van der Waals surface area contributed by atoms with Crippen molar-refractivity contribution in [3.05, 3.63) is 56.6 Å². The molecule has 0 spiro atoms. The number of hydrogen-bond donors (Lipinski definition) is 1. The SMILES string of the molecule is CCOC(=O)c1c(NC(=O)CN2C(=O)S/C(=C/c3ccc(F)cc3)C2=O)sc2c1CCCC2. The normalized spacial score (nSPS) is 16.8. The Morgan fingerprint density at radius 3 is 2.64 bits per heavy atom. The first-order chi connectivity index (χ1) is 15.9. The Balaban J connectivity index is 1.49. The number of esters is 1. The third-order valence-corrected chi connectivity index (χ3v) is 7.36. The first-order valence-electron chi connectivity index (χ1n) is 10.5. The summed E-state index contributed by atoms with van der Waals surface area (Å²) in [4.78, 5) is 52.4. The number of anilines is 1. The minimum Gasteiger partial charge on any atom is -0.462 e. The number of nitrogens with one attached hydrogen (secondary N) is 1. The molecule has 2 heterocycles. The van der Waals surface area contributed by atoms with Crippen molar-refractivity contribution in [2.24, 2.45) is 0 Å². The van der Waals surface area contributed by atoms with Gasteiger partial charge in [-0.05, 0) is 73.7 Å². The first kappa shape index (κ1) is 23.2. The van der Waals surface area contributed by atoms with Crippen molar-refractivity contribution in [1.29, 1.82) is 0 Å². The van der Waals surface area contributed by atoms with Crippen LogP contribution in [0.25, 0.3) is 6.08 Å². The zero-order valence-corrected chi connectivity index (χ0v) is 19.4. The predicted octanol–water partition coefficient (Wildman–Crippen LogP) is 4.62. The van der Waals surface area contributed by atoms with Crippen LogP contribution in [-0.4, -0.2) is 41.1 Å². The van der Waals surface area contributed by atoms with Gasteiger partial charge in [0.2, 0.25) is 5.91 Å². The summed E-state index contributed by atoms with van der Waals surface area (Å²) in [5.41, 5.74) is 1.85. The van der Waals surface area contributed by atoms with E-state index in [0.29, 0.717) is 16.1 Å². The Morgan fingerprint density at radius 2 is 1.91 bits per heavy atom. The number of carbonyl (C=O) groups is 4. The van der Waals surface area contributed by atoms with Gasteiger partial charge in [0.15, 0.2) is 0 Å². The second-order valence-electron chi connectivity index (χ2n) is 7.50. The average Bonchev–Trinajstić information content (AvgIpc) is 3.27. The summed E-state index contributed by atoms with van der Waals surface area (Å²) in [7, 11) is 0. The molecule has 0 unspecified atom stereocenters. The smallest absolute Gasteiger partial charge is 0.341 e. The molecule has 0 bridgehead atoms. The van der Waals surface area contributed by atoms with E-state index in [9.17, 15) is 23.6 Å². The topological polar surface area (TPSA) is 92.8 Å². The molecule has 2 aromatic rings. The molecule has 33 heavy (non-hydrogen) atoms. The number of amides is 3. The summed E-state index contributed by atoms with van der Waals surface area (Å²) in [5.74, 6) is -2.07. The molecule has 4 rings (SSSR count). The standard InChI is InChI=1S/C23H21FN2O5S2/c1-2-31-22(29)19-15-5-3-4-6-16(15)32-20(19)25-18(27)12-26-21(28)17(33-23(26)30)11-13-7-9-14(24)10-8-13/h7-11H,2-6,12H2,1H3,(H,25,27)/b17-11+. The van der Waals surface area contributed by atoms with Crippen molar-refractivity contribution < 1.29 is 28.3 Å². The summed E-state index contributed by atoms with van der Waals surface area (Å²) < 4.78 is 18.3. The molecule has 0 radical (unpaired) electrons. The van der Waals surface area contributed by atoms with Crippen LogP contribution >= 0.6 is 23.1 Å². The Morgan fingerprint density at radius 1 is 1.18 bits per heavy atom. The van der Waals surface area contributed by atoms with Gasteiger partial charge in [-0.15, -0.1) is 11.3 Å². The van der Waals surface area contributed by atoms with Crippen LogP contribution < -0.4 is 5.32 Å². The number of fused-ring (bicyclic) bond motifs is 1. The lowest BCUT2D eigenvalue weighted by atomic mass is 9.95. The number of nitrogens with zero attached hydrogens (tertiary/aromatic N) is 1. The van der Waals surface area contributed by atoms with Crippen LogP contribution in [-0.2, 0) is 27.2 Å². The highest BCUT2D eigenvalue weighted by Crippen LogP contribution is 2.39. The molecule has 1 aliphatic heterocycles. The number of hydrogen-bond acceptors (Lipinski definition) is 7. The molecule has 2 aliphatic rings. The summed E-state index contributed by atoms with van der Waals surface area (Å²) in [6.07, 6.45) is 5.03. The Kier molecular flexibility index (Phi) is 6.94. The highest BCUT2D eigenvalue weighted by Gasteiger charge is 2.37. The summed E-state index contributed by atoms with van der Waals surface area (Å²) in [5, 5.41) is 2.53. The quantitative estimate of drug-likeness (QED) is 0.471. The molecule has 1 aromatic carbocycles. The molecular formula is C23H21FN2O5S2. The fourth-order valence-corrected chi connectivity index (χ4v) is 5.86. The molecule has 172 valence electrons. The van der Waals surface area contributed by atoms with Crippen LogP contribution in [0.1, 0.15) is 46.1 Å². The summed E-state index contributed by atoms with van der Waals surface area (Å²) >= 11 is 2.06. The van der Waals surface area contributed by atoms with Crippen molar-refractivity contribution in [3.63, 3.8) is 0 Å². The number of carbonyl (C=O) groups excluding carboxylic acids is 4. The van der Waals surface area contributed by atoms with E-state index in [1.807, 2.05) is 0 Å². The highest BCUT2D eigenvalue weighted by molar-refractivity contribution is 8.18. The monoisotopic (exact) mass is 488 g/mol. The molecule has 1 fully saturated rings. The second-order valence-corrected chi connectivity index (χ2v) is 9.60. The number of imide groups is 1. The number of rotatable bonds is 6. The van der Waals surface area contributed by atoms with E-state index in [-0.39, 0.29) is 11.5 Å². The molecule has 0 saturated carbocycles. The number of benzene rings is 1. The zero-order chi connectivity index (χ0) is 23.5. The maximum atomic E-state index is 13.1. The van der Waals surface area contributed by atoms with Gasteiger partial charge < -0.3 is 10.1 Å².